The molecule has 6 atom stereocenters. The van der Waals surface area contributed by atoms with Gasteiger partial charge in [0.1, 0.15) is 23.8 Å². The first-order valence-corrected chi connectivity index (χ1v) is 14.3. The molecule has 11 nitrogen and oxygen atoms in total. The molecule has 40 heavy (non-hydrogen) atoms. The lowest BCUT2D eigenvalue weighted by Gasteiger charge is -2.38. The third-order valence-corrected chi connectivity index (χ3v) is 8.12. The number of amides is 3. The number of likely N-dealkylation sites (tertiary alicyclic amines) is 1. The zero-order chi connectivity index (χ0) is 29.6. The fraction of sp³-hybridized carbons (Fsp3) is 0.643. The van der Waals surface area contributed by atoms with Crippen molar-refractivity contribution in [2.45, 2.75) is 96.4 Å². The van der Waals surface area contributed by atoms with Crippen molar-refractivity contribution in [3.63, 3.8) is 0 Å². The van der Waals surface area contributed by atoms with Crippen LogP contribution in [0.3, 0.4) is 0 Å². The van der Waals surface area contributed by atoms with Gasteiger partial charge >= 0.3 is 5.97 Å². The van der Waals surface area contributed by atoms with Crippen molar-refractivity contribution in [3.05, 3.63) is 23.3 Å². The van der Waals surface area contributed by atoms with E-state index in [4.69, 9.17) is 16.7 Å². The fourth-order valence-electron chi connectivity index (χ4n) is 5.53. The molecular weight excluding hydrogens is 538 g/mol. The summed E-state index contributed by atoms with van der Waals surface area (Å²) in [7, 11) is 0. The highest BCUT2D eigenvalue weighted by molar-refractivity contribution is 6.31. The number of carbonyl (C=O) groups excluding carboxylic acids is 4. The van der Waals surface area contributed by atoms with Crippen molar-refractivity contribution < 1.29 is 29.1 Å². The average Bonchev–Trinajstić information content (AvgIpc) is 3.53. The van der Waals surface area contributed by atoms with Crippen LogP contribution in [0.5, 0.6) is 0 Å². The van der Waals surface area contributed by atoms with E-state index in [-0.39, 0.29) is 29.8 Å². The van der Waals surface area contributed by atoms with Crippen molar-refractivity contribution in [2.75, 3.05) is 6.54 Å². The van der Waals surface area contributed by atoms with Gasteiger partial charge in [0.25, 0.3) is 0 Å². The van der Waals surface area contributed by atoms with Crippen LogP contribution >= 0.6 is 11.6 Å². The van der Waals surface area contributed by atoms with E-state index in [1.165, 1.54) is 4.90 Å². The van der Waals surface area contributed by atoms with Crippen LogP contribution in [-0.4, -0.2) is 88.0 Å². The predicted molar refractivity (Wildman–Crippen MR) is 150 cm³/mol. The second kappa shape index (κ2) is 13.4. The lowest BCUT2D eigenvalue weighted by molar-refractivity contribution is -0.144. The van der Waals surface area contributed by atoms with Gasteiger partial charge < -0.3 is 25.4 Å². The number of rotatable bonds is 12. The molecule has 2 aliphatic heterocycles. The fourth-order valence-corrected chi connectivity index (χ4v) is 5.69. The summed E-state index contributed by atoms with van der Waals surface area (Å²) in [5, 5.41) is 21.6. The highest BCUT2D eigenvalue weighted by Gasteiger charge is 2.50. The van der Waals surface area contributed by atoms with Gasteiger partial charge in [-0.3, -0.25) is 24.2 Å². The molecule has 0 bridgehead atoms. The van der Waals surface area contributed by atoms with Crippen LogP contribution in [0.15, 0.2) is 28.4 Å². The minimum atomic E-state index is -1.22. The summed E-state index contributed by atoms with van der Waals surface area (Å²) in [6, 6.07) is -3.19. The van der Waals surface area contributed by atoms with Gasteiger partial charge in [-0.05, 0) is 44.6 Å². The maximum atomic E-state index is 13.8. The quantitative estimate of drug-likeness (QED) is 0.301. The number of allylic oxidation sites excluding steroid dienone is 2. The Labute approximate surface area is 240 Å². The van der Waals surface area contributed by atoms with Crippen molar-refractivity contribution in [2.24, 2.45) is 16.4 Å². The number of carbonyl (C=O) groups is 5. The molecule has 1 saturated heterocycles. The van der Waals surface area contributed by atoms with Crippen molar-refractivity contribution in [1.29, 1.82) is 0 Å². The van der Waals surface area contributed by atoms with Gasteiger partial charge in [-0.1, -0.05) is 50.9 Å². The Bertz CT molecular complexity index is 1090. The first-order valence-electron chi connectivity index (χ1n) is 13.9. The van der Waals surface area contributed by atoms with E-state index in [1.807, 2.05) is 50.9 Å². The molecule has 0 radical (unpaired) electrons. The SMILES string of the molecule is CCCC1N(C2C=CC(Cl)=CC2)N=CC1(C)C(=O)N[C@H](C(=O)N1CCC[C@H]1C(=O)N[C@H](C=O)CC(=O)O)C(C)C. The minimum Gasteiger partial charge on any atom is -0.481 e. The first kappa shape index (κ1) is 31.3. The number of carboxylic acids is 1. The topological polar surface area (TPSA) is 148 Å². The van der Waals surface area contributed by atoms with Crippen LogP contribution in [0.1, 0.15) is 66.2 Å². The van der Waals surface area contributed by atoms with Crippen LogP contribution in [-0.2, 0) is 24.0 Å². The molecule has 0 saturated carbocycles. The van der Waals surface area contributed by atoms with Crippen LogP contribution in [0.4, 0.5) is 0 Å². The normalized spacial score (nSPS) is 27.4. The standard InChI is InChI=1S/C28H40ClN5O6/c1-5-7-22-28(4,16-30-34(22)20-11-9-18(29)10-12-20)27(40)32-24(17(2)3)26(39)33-13-6-8-21(33)25(38)31-19(15-35)14-23(36)37/h9-11,15-17,19-22,24H,5-8,12-14H2,1-4H3,(H,31,38)(H,32,40)(H,36,37)/t19-,20?,21-,22?,24-,28?/m0/s1. The summed E-state index contributed by atoms with van der Waals surface area (Å²) in [5.74, 6) is -2.78. The summed E-state index contributed by atoms with van der Waals surface area (Å²) in [6.07, 6.45) is 10.4. The number of nitrogens with zero attached hydrogens (tertiary/aromatic N) is 3. The molecule has 12 heteroatoms. The summed E-state index contributed by atoms with van der Waals surface area (Å²) >= 11 is 6.10. The van der Waals surface area contributed by atoms with Gasteiger partial charge in [0.05, 0.1) is 24.5 Å². The number of carboxylic acid groups (broad SMARTS) is 1. The molecule has 3 aliphatic rings. The number of hydrazone groups is 1. The number of aliphatic carboxylic acids is 1. The van der Waals surface area contributed by atoms with Crippen LogP contribution in [0.2, 0.25) is 0 Å². The molecule has 220 valence electrons. The molecular formula is C28H40ClN5O6. The second-order valence-electron chi connectivity index (χ2n) is 11.2. The van der Waals surface area contributed by atoms with Gasteiger partial charge in [0.2, 0.25) is 17.7 Å². The maximum absolute atomic E-state index is 13.8. The van der Waals surface area contributed by atoms with Gasteiger partial charge in [-0.15, -0.1) is 0 Å². The highest BCUT2D eigenvalue weighted by atomic mass is 35.5. The van der Waals surface area contributed by atoms with Crippen LogP contribution in [0, 0.1) is 11.3 Å². The van der Waals surface area contributed by atoms with Crippen LogP contribution < -0.4 is 10.6 Å². The Hall–Kier alpha value is -3.21. The summed E-state index contributed by atoms with van der Waals surface area (Å²) in [6.45, 7) is 7.85. The molecule has 0 aromatic carbocycles. The molecule has 1 aliphatic carbocycles. The van der Waals surface area contributed by atoms with Gasteiger partial charge in [0.15, 0.2) is 0 Å². The Morgan fingerprint density at radius 2 is 2.00 bits per heavy atom. The summed E-state index contributed by atoms with van der Waals surface area (Å²) in [4.78, 5) is 64.2. The third-order valence-electron chi connectivity index (χ3n) is 7.84. The van der Waals surface area contributed by atoms with E-state index in [9.17, 15) is 24.0 Å². The zero-order valence-electron chi connectivity index (χ0n) is 23.5. The smallest absolute Gasteiger partial charge is 0.305 e. The van der Waals surface area contributed by atoms with Crippen molar-refractivity contribution in [3.8, 4) is 0 Å². The van der Waals surface area contributed by atoms with E-state index in [0.717, 1.165) is 6.42 Å². The number of nitrogens with one attached hydrogen (secondary N) is 2. The molecule has 3 unspecified atom stereocenters. The third kappa shape index (κ3) is 6.92. The van der Waals surface area contributed by atoms with E-state index >= 15 is 0 Å². The number of halogens is 1. The second-order valence-corrected chi connectivity index (χ2v) is 11.6. The average molecular weight is 578 g/mol. The van der Waals surface area contributed by atoms with E-state index in [2.05, 4.69) is 15.7 Å². The van der Waals surface area contributed by atoms with Gasteiger partial charge in [0, 0.05) is 17.8 Å². The largest absolute Gasteiger partial charge is 0.481 e. The number of aldehydes is 1. The molecule has 0 spiro atoms. The Morgan fingerprint density at radius 3 is 2.58 bits per heavy atom. The van der Waals surface area contributed by atoms with Gasteiger partial charge in [-0.2, -0.15) is 5.10 Å². The number of hydrogen-bond acceptors (Lipinski definition) is 7. The molecule has 2 heterocycles. The Morgan fingerprint density at radius 1 is 1.27 bits per heavy atom. The number of hydrogen-bond donors (Lipinski definition) is 3. The lowest BCUT2D eigenvalue weighted by atomic mass is 9.79. The minimum absolute atomic E-state index is 0.0346. The maximum Gasteiger partial charge on any atom is 0.305 e. The zero-order valence-corrected chi connectivity index (χ0v) is 24.3. The predicted octanol–water partition coefficient (Wildman–Crippen LogP) is 2.20. The lowest BCUT2D eigenvalue weighted by Crippen LogP contribution is -2.59. The van der Waals surface area contributed by atoms with E-state index < -0.39 is 41.8 Å². The molecule has 3 rings (SSSR count). The van der Waals surface area contributed by atoms with E-state index in [0.29, 0.717) is 43.5 Å². The summed E-state index contributed by atoms with van der Waals surface area (Å²) in [5.41, 5.74) is -0.988. The first-order chi connectivity index (χ1) is 18.9. The summed E-state index contributed by atoms with van der Waals surface area (Å²) < 4.78 is 0. The molecule has 3 N–H and O–H groups in total. The van der Waals surface area contributed by atoms with Gasteiger partial charge in [-0.25, -0.2) is 0 Å². The van der Waals surface area contributed by atoms with Crippen molar-refractivity contribution in [1.82, 2.24) is 20.5 Å². The molecule has 0 aromatic heterocycles. The Balaban J connectivity index is 1.75. The van der Waals surface area contributed by atoms with E-state index in [1.54, 1.807) is 6.21 Å². The Kier molecular flexibility index (Phi) is 10.5. The molecule has 3 amide bonds. The monoisotopic (exact) mass is 577 g/mol. The van der Waals surface area contributed by atoms with Crippen molar-refractivity contribution >= 4 is 47.8 Å². The highest BCUT2D eigenvalue weighted by Crippen LogP contribution is 2.37. The molecule has 0 aromatic rings. The van der Waals surface area contributed by atoms with Crippen LogP contribution in [0.25, 0.3) is 0 Å². The molecule has 1 fully saturated rings.